The lowest BCUT2D eigenvalue weighted by molar-refractivity contribution is -0.130. The van der Waals surface area contributed by atoms with Gasteiger partial charge in [0.25, 0.3) is 0 Å². The third-order valence-corrected chi connectivity index (χ3v) is 9.16. The Balaban J connectivity index is 1.63. The van der Waals surface area contributed by atoms with E-state index in [1.165, 1.54) is 18.4 Å². The Hall–Kier alpha value is -0.890. The van der Waals surface area contributed by atoms with Crippen molar-refractivity contribution in [3.8, 4) is 0 Å². The molecular weight excluding hydrogens is 284 g/mol. The molecule has 23 heavy (non-hydrogen) atoms. The number of fused-ring (bicyclic) bond motifs is 3. The summed E-state index contributed by atoms with van der Waals surface area (Å²) in [6.07, 6.45) is 12.9. The largest absolute Gasteiger partial charge is 0.390 e. The van der Waals surface area contributed by atoms with Crippen LogP contribution in [0.4, 0.5) is 0 Å². The fourth-order valence-electron chi connectivity index (χ4n) is 7.55. The van der Waals surface area contributed by atoms with Gasteiger partial charge in [0.1, 0.15) is 0 Å². The fourth-order valence-corrected chi connectivity index (χ4v) is 7.55. The number of carbonyl (C=O) groups excluding carboxylic acids is 1. The molecule has 0 aromatic heterocycles. The molecule has 0 saturated heterocycles. The Morgan fingerprint density at radius 1 is 1.17 bits per heavy atom. The first-order chi connectivity index (χ1) is 10.7. The summed E-state index contributed by atoms with van der Waals surface area (Å²) >= 11 is 0. The van der Waals surface area contributed by atoms with Crippen molar-refractivity contribution < 1.29 is 9.90 Å². The highest BCUT2D eigenvalue weighted by atomic mass is 16.3. The maximum atomic E-state index is 11.9. The van der Waals surface area contributed by atoms with Gasteiger partial charge in [0.05, 0.1) is 5.60 Å². The molecule has 5 aliphatic rings. The predicted octanol–water partition coefficient (Wildman–Crippen LogP) is 4.05. The maximum absolute atomic E-state index is 11.9. The van der Waals surface area contributed by atoms with E-state index < -0.39 is 5.60 Å². The molecule has 0 radical (unpaired) electrons. The monoisotopic (exact) mass is 312 g/mol. The first-order valence-corrected chi connectivity index (χ1v) is 9.40. The van der Waals surface area contributed by atoms with E-state index in [2.05, 4.69) is 32.9 Å². The summed E-state index contributed by atoms with van der Waals surface area (Å²) < 4.78 is 0. The summed E-state index contributed by atoms with van der Waals surface area (Å²) in [6.45, 7) is 6.85. The molecule has 5 rings (SSSR count). The molecule has 2 nitrogen and oxygen atoms in total. The Morgan fingerprint density at radius 2 is 1.96 bits per heavy atom. The van der Waals surface area contributed by atoms with Crippen LogP contribution < -0.4 is 0 Å². The van der Waals surface area contributed by atoms with E-state index in [1.54, 1.807) is 0 Å². The molecule has 3 saturated carbocycles. The molecule has 0 bridgehead atoms. The van der Waals surface area contributed by atoms with Crippen LogP contribution in [0.1, 0.15) is 59.3 Å². The zero-order valence-electron chi connectivity index (χ0n) is 14.6. The third-order valence-electron chi connectivity index (χ3n) is 9.16. The molecule has 0 aromatic rings. The van der Waals surface area contributed by atoms with Gasteiger partial charge in [-0.2, -0.15) is 0 Å². The van der Waals surface area contributed by atoms with Crippen LogP contribution in [0.25, 0.3) is 0 Å². The van der Waals surface area contributed by atoms with Crippen LogP contribution in [0.3, 0.4) is 0 Å². The molecule has 5 aliphatic carbocycles. The molecule has 0 aliphatic heterocycles. The second-order valence-corrected chi connectivity index (χ2v) is 9.77. The zero-order valence-corrected chi connectivity index (χ0v) is 14.6. The third kappa shape index (κ3) is 1.40. The molecule has 0 heterocycles. The normalized spacial score (nSPS) is 59.6. The van der Waals surface area contributed by atoms with E-state index in [0.29, 0.717) is 35.4 Å². The van der Waals surface area contributed by atoms with Crippen molar-refractivity contribution in [3.63, 3.8) is 0 Å². The molecule has 2 heteroatoms. The van der Waals surface area contributed by atoms with Gasteiger partial charge in [0.2, 0.25) is 0 Å². The summed E-state index contributed by atoms with van der Waals surface area (Å²) in [7, 11) is 0. The summed E-state index contributed by atoms with van der Waals surface area (Å²) in [6, 6.07) is 0. The van der Waals surface area contributed by atoms with Crippen LogP contribution in [0.15, 0.2) is 23.8 Å². The standard InChI is InChI=1S/C21H28O2/c1-18-8-6-15(22)10-13(18)4-5-17-16(18)7-9-19(2)20(3,23)11-14-12-21(14,17)19/h4-5,10,14,16-17,23H,6-9,11-12H2,1-3H3/t14-,16-,17+,18-,19+,20+,21+/m0/s1. The number of ketones is 1. The van der Waals surface area contributed by atoms with Crippen molar-refractivity contribution in [1.82, 2.24) is 0 Å². The van der Waals surface area contributed by atoms with Crippen molar-refractivity contribution in [3.05, 3.63) is 23.8 Å². The van der Waals surface area contributed by atoms with Crippen LogP contribution in [0, 0.1) is 34.0 Å². The highest BCUT2D eigenvalue weighted by molar-refractivity contribution is 5.92. The molecule has 124 valence electrons. The SMILES string of the molecule is C[C@]12CC[C@H]3[C@@H](C=CC4=CC(=O)CC[C@@]43C)[C@]13C[C@@H]3C[C@@]2(C)O. The van der Waals surface area contributed by atoms with E-state index in [4.69, 9.17) is 0 Å². The first-order valence-electron chi connectivity index (χ1n) is 9.40. The topological polar surface area (TPSA) is 37.3 Å². The second-order valence-electron chi connectivity index (χ2n) is 9.77. The van der Waals surface area contributed by atoms with Crippen LogP contribution in [-0.4, -0.2) is 16.5 Å². The number of carbonyl (C=O) groups is 1. The van der Waals surface area contributed by atoms with Crippen LogP contribution in [0.2, 0.25) is 0 Å². The average molecular weight is 312 g/mol. The van der Waals surface area contributed by atoms with E-state index in [1.807, 2.05) is 6.08 Å². The number of allylic oxidation sites excluding steroid dienone is 4. The van der Waals surface area contributed by atoms with Crippen LogP contribution >= 0.6 is 0 Å². The Morgan fingerprint density at radius 3 is 2.74 bits per heavy atom. The zero-order chi connectivity index (χ0) is 16.3. The fraction of sp³-hybridized carbons (Fsp3) is 0.762. The van der Waals surface area contributed by atoms with Crippen LogP contribution in [-0.2, 0) is 4.79 Å². The van der Waals surface area contributed by atoms with Gasteiger partial charge in [-0.1, -0.05) is 26.0 Å². The number of aliphatic hydroxyl groups is 1. The van der Waals surface area contributed by atoms with Gasteiger partial charge < -0.3 is 5.11 Å². The van der Waals surface area contributed by atoms with Gasteiger partial charge in [-0.3, -0.25) is 4.79 Å². The smallest absolute Gasteiger partial charge is 0.156 e. The second kappa shape index (κ2) is 3.85. The minimum atomic E-state index is -0.506. The van der Waals surface area contributed by atoms with Crippen molar-refractivity contribution in [2.75, 3.05) is 0 Å². The molecule has 1 spiro atoms. The Labute approximate surface area is 139 Å². The van der Waals surface area contributed by atoms with E-state index in [0.717, 1.165) is 19.3 Å². The van der Waals surface area contributed by atoms with Gasteiger partial charge in [0.15, 0.2) is 5.78 Å². The van der Waals surface area contributed by atoms with E-state index in [-0.39, 0.29) is 10.8 Å². The molecule has 1 N–H and O–H groups in total. The molecule has 7 atom stereocenters. The lowest BCUT2D eigenvalue weighted by Gasteiger charge is -2.59. The highest BCUT2D eigenvalue weighted by Crippen LogP contribution is 2.84. The van der Waals surface area contributed by atoms with Gasteiger partial charge in [-0.15, -0.1) is 0 Å². The lowest BCUT2D eigenvalue weighted by Crippen LogP contribution is -2.55. The molecule has 0 unspecified atom stereocenters. The summed E-state index contributed by atoms with van der Waals surface area (Å²) in [4.78, 5) is 11.9. The average Bonchev–Trinajstić information content (AvgIpc) is 3.13. The number of hydrogen-bond acceptors (Lipinski definition) is 2. The summed E-state index contributed by atoms with van der Waals surface area (Å²) in [5, 5.41) is 11.1. The quantitative estimate of drug-likeness (QED) is 0.733. The predicted molar refractivity (Wildman–Crippen MR) is 89.7 cm³/mol. The molecule has 0 aromatic carbocycles. The Kier molecular flexibility index (Phi) is 2.42. The van der Waals surface area contributed by atoms with Crippen molar-refractivity contribution in [2.24, 2.45) is 34.0 Å². The maximum Gasteiger partial charge on any atom is 0.156 e. The minimum Gasteiger partial charge on any atom is -0.390 e. The van der Waals surface area contributed by atoms with Crippen LogP contribution in [0.5, 0.6) is 0 Å². The Bertz CT molecular complexity index is 671. The summed E-state index contributed by atoms with van der Waals surface area (Å²) in [5.74, 6) is 2.25. The highest BCUT2D eigenvalue weighted by Gasteiger charge is 2.80. The number of hydrogen-bond donors (Lipinski definition) is 1. The van der Waals surface area contributed by atoms with Crippen molar-refractivity contribution in [2.45, 2.75) is 64.9 Å². The van der Waals surface area contributed by atoms with Crippen molar-refractivity contribution in [1.29, 1.82) is 0 Å². The van der Waals surface area contributed by atoms with Crippen molar-refractivity contribution >= 4 is 5.78 Å². The lowest BCUT2D eigenvalue weighted by atomic mass is 9.46. The van der Waals surface area contributed by atoms with Gasteiger partial charge in [0, 0.05) is 11.8 Å². The van der Waals surface area contributed by atoms with E-state index >= 15 is 0 Å². The molecule has 3 fully saturated rings. The van der Waals surface area contributed by atoms with Gasteiger partial charge in [-0.25, -0.2) is 0 Å². The van der Waals surface area contributed by atoms with Gasteiger partial charge in [-0.05, 0) is 79.3 Å². The molecule has 0 amide bonds. The molecular formula is C21H28O2. The van der Waals surface area contributed by atoms with E-state index in [9.17, 15) is 9.90 Å². The first kappa shape index (κ1) is 14.5. The summed E-state index contributed by atoms with van der Waals surface area (Å²) in [5.41, 5.74) is 1.33. The minimum absolute atomic E-state index is 0.0677. The number of rotatable bonds is 0. The van der Waals surface area contributed by atoms with Gasteiger partial charge >= 0.3 is 0 Å².